The standard InChI is InChI=1S/C14H20NO2/c1-3-17-14(16)11-15(2)10-6-8-12-7-4-5-9-13(12)15/h4-5,7,9H,3,6,8,10-11H2,1-2H3/q+1. The molecule has 17 heavy (non-hydrogen) atoms. The van der Waals surface area contributed by atoms with Gasteiger partial charge in [0.15, 0.2) is 6.54 Å². The van der Waals surface area contributed by atoms with Gasteiger partial charge in [-0.2, -0.15) is 0 Å². The van der Waals surface area contributed by atoms with Crippen LogP contribution in [0.4, 0.5) is 5.69 Å². The first-order valence-electron chi connectivity index (χ1n) is 6.24. The van der Waals surface area contributed by atoms with Crippen molar-refractivity contribution in [1.82, 2.24) is 4.48 Å². The van der Waals surface area contributed by atoms with Crippen molar-refractivity contribution in [3.05, 3.63) is 29.8 Å². The number of hydrogen-bond donors (Lipinski definition) is 0. The Bertz CT molecular complexity index is 416. The summed E-state index contributed by atoms with van der Waals surface area (Å²) >= 11 is 0. The van der Waals surface area contributed by atoms with Crippen LogP contribution in [-0.4, -0.2) is 32.7 Å². The molecule has 0 aromatic heterocycles. The van der Waals surface area contributed by atoms with Crippen LogP contribution in [0.1, 0.15) is 18.9 Å². The first-order chi connectivity index (χ1) is 8.15. The van der Waals surface area contributed by atoms with E-state index in [1.54, 1.807) is 0 Å². The predicted molar refractivity (Wildman–Crippen MR) is 68.8 cm³/mol. The Balaban J connectivity index is 2.23. The van der Waals surface area contributed by atoms with E-state index < -0.39 is 0 Å². The minimum absolute atomic E-state index is 0.105. The molecule has 0 bridgehead atoms. The summed E-state index contributed by atoms with van der Waals surface area (Å²) in [5.74, 6) is -0.105. The van der Waals surface area contributed by atoms with Crippen molar-refractivity contribution in [2.45, 2.75) is 19.8 Å². The second-order valence-electron chi connectivity index (χ2n) is 4.81. The molecule has 1 aromatic rings. The number of rotatable bonds is 3. The van der Waals surface area contributed by atoms with Crippen LogP contribution in [-0.2, 0) is 16.0 Å². The Hall–Kier alpha value is -1.35. The number of esters is 1. The van der Waals surface area contributed by atoms with Crippen LogP contribution in [0.3, 0.4) is 0 Å². The van der Waals surface area contributed by atoms with Crippen LogP contribution in [0.2, 0.25) is 0 Å². The van der Waals surface area contributed by atoms with Gasteiger partial charge in [0.1, 0.15) is 5.69 Å². The Morgan fingerprint density at radius 1 is 1.41 bits per heavy atom. The SMILES string of the molecule is CCOC(=O)C[N+]1(C)CCCc2ccccc21. The number of likely N-dealkylation sites (N-methyl/N-ethyl adjacent to an activating group) is 1. The summed E-state index contributed by atoms with van der Waals surface area (Å²) in [6.45, 7) is 3.75. The van der Waals surface area contributed by atoms with E-state index in [0.717, 1.165) is 19.4 Å². The molecule has 0 saturated carbocycles. The topological polar surface area (TPSA) is 26.3 Å². The van der Waals surface area contributed by atoms with Gasteiger partial charge < -0.3 is 4.74 Å². The summed E-state index contributed by atoms with van der Waals surface area (Å²) in [4.78, 5) is 11.7. The smallest absolute Gasteiger partial charge is 0.362 e. The summed E-state index contributed by atoms with van der Waals surface area (Å²) < 4.78 is 5.75. The maximum atomic E-state index is 11.7. The molecule has 0 N–H and O–H groups in total. The molecule has 3 heteroatoms. The monoisotopic (exact) mass is 234 g/mol. The largest absolute Gasteiger partial charge is 0.462 e. The molecular weight excluding hydrogens is 214 g/mol. The quantitative estimate of drug-likeness (QED) is 0.591. The van der Waals surface area contributed by atoms with Crippen molar-refractivity contribution in [2.75, 3.05) is 26.7 Å². The molecule has 1 aliphatic heterocycles. The van der Waals surface area contributed by atoms with Crippen molar-refractivity contribution in [2.24, 2.45) is 0 Å². The second kappa shape index (κ2) is 4.88. The molecule has 0 fully saturated rings. The number of benzene rings is 1. The number of ether oxygens (including phenoxy) is 1. The maximum Gasteiger partial charge on any atom is 0.362 e. The summed E-state index contributed by atoms with van der Waals surface area (Å²) in [5.41, 5.74) is 2.64. The van der Waals surface area contributed by atoms with Gasteiger partial charge >= 0.3 is 5.97 Å². The highest BCUT2D eigenvalue weighted by Gasteiger charge is 2.33. The number of carbonyl (C=O) groups is 1. The molecule has 0 radical (unpaired) electrons. The minimum Gasteiger partial charge on any atom is -0.462 e. The highest BCUT2D eigenvalue weighted by molar-refractivity contribution is 5.75. The summed E-state index contributed by atoms with van der Waals surface area (Å²) in [5, 5.41) is 0. The molecule has 0 saturated heterocycles. The van der Waals surface area contributed by atoms with Gasteiger partial charge in [-0.3, -0.25) is 4.48 Å². The van der Waals surface area contributed by atoms with Crippen LogP contribution in [0.25, 0.3) is 0 Å². The van der Waals surface area contributed by atoms with E-state index in [1.807, 2.05) is 13.0 Å². The first-order valence-corrected chi connectivity index (χ1v) is 6.24. The number of nitrogens with zero attached hydrogens (tertiary/aromatic N) is 1. The van der Waals surface area contributed by atoms with Crippen molar-refractivity contribution in [3.63, 3.8) is 0 Å². The van der Waals surface area contributed by atoms with Gasteiger partial charge in [0.05, 0.1) is 20.2 Å². The lowest BCUT2D eigenvalue weighted by atomic mass is 9.99. The zero-order valence-electron chi connectivity index (χ0n) is 10.6. The molecular formula is C14H20NO2+. The Kier molecular flexibility index (Phi) is 3.48. The second-order valence-corrected chi connectivity index (χ2v) is 4.81. The fourth-order valence-corrected chi connectivity index (χ4v) is 2.64. The molecule has 1 unspecified atom stereocenters. The third-order valence-corrected chi connectivity index (χ3v) is 3.45. The van der Waals surface area contributed by atoms with Gasteiger partial charge in [-0.05, 0) is 19.4 Å². The van der Waals surface area contributed by atoms with Gasteiger partial charge in [0.25, 0.3) is 0 Å². The zero-order chi connectivity index (χ0) is 12.3. The first kappa shape index (κ1) is 12.1. The summed E-state index contributed by atoms with van der Waals surface area (Å²) in [7, 11) is 2.12. The lowest BCUT2D eigenvalue weighted by molar-refractivity contribution is -0.143. The summed E-state index contributed by atoms with van der Waals surface area (Å²) in [6.07, 6.45) is 2.25. The fraction of sp³-hybridized carbons (Fsp3) is 0.500. The summed E-state index contributed by atoms with van der Waals surface area (Å²) in [6, 6.07) is 8.41. The van der Waals surface area contributed by atoms with Crippen LogP contribution >= 0.6 is 0 Å². The van der Waals surface area contributed by atoms with E-state index in [1.165, 1.54) is 11.3 Å². The molecule has 0 amide bonds. The third-order valence-electron chi connectivity index (χ3n) is 3.45. The number of fused-ring (bicyclic) bond motifs is 1. The number of aryl methyl sites for hydroxylation is 1. The molecule has 0 aliphatic carbocycles. The van der Waals surface area contributed by atoms with Crippen LogP contribution in [0, 0.1) is 0 Å². The number of para-hydroxylation sites is 1. The average molecular weight is 234 g/mol. The van der Waals surface area contributed by atoms with Gasteiger partial charge in [-0.25, -0.2) is 4.79 Å². The van der Waals surface area contributed by atoms with E-state index in [0.29, 0.717) is 17.6 Å². The van der Waals surface area contributed by atoms with Gasteiger partial charge in [-0.1, -0.05) is 18.2 Å². The molecule has 0 spiro atoms. The van der Waals surface area contributed by atoms with E-state index in [9.17, 15) is 4.79 Å². The molecule has 2 rings (SSSR count). The number of hydrogen-bond acceptors (Lipinski definition) is 2. The Labute approximate surface area is 103 Å². The van der Waals surface area contributed by atoms with Crippen molar-refractivity contribution >= 4 is 11.7 Å². The fourth-order valence-electron chi connectivity index (χ4n) is 2.64. The lowest BCUT2D eigenvalue weighted by Gasteiger charge is -2.37. The highest BCUT2D eigenvalue weighted by Crippen LogP contribution is 2.31. The van der Waals surface area contributed by atoms with Crippen LogP contribution in [0.5, 0.6) is 0 Å². The Morgan fingerprint density at radius 3 is 2.94 bits per heavy atom. The maximum absolute atomic E-state index is 11.7. The highest BCUT2D eigenvalue weighted by atomic mass is 16.5. The normalized spacial score (nSPS) is 22.9. The molecule has 1 aliphatic rings. The predicted octanol–water partition coefficient (Wildman–Crippen LogP) is 2.13. The molecule has 92 valence electrons. The van der Waals surface area contributed by atoms with Crippen molar-refractivity contribution < 1.29 is 9.53 Å². The van der Waals surface area contributed by atoms with Crippen molar-refractivity contribution in [1.29, 1.82) is 0 Å². The van der Waals surface area contributed by atoms with Crippen molar-refractivity contribution in [3.8, 4) is 0 Å². The average Bonchev–Trinajstić information content (AvgIpc) is 2.29. The van der Waals surface area contributed by atoms with E-state index in [2.05, 4.69) is 25.2 Å². The van der Waals surface area contributed by atoms with Crippen LogP contribution in [0.15, 0.2) is 24.3 Å². The number of quaternary nitrogens is 1. The minimum atomic E-state index is -0.105. The van der Waals surface area contributed by atoms with Crippen LogP contribution < -0.4 is 4.48 Å². The number of carbonyl (C=O) groups excluding carboxylic acids is 1. The van der Waals surface area contributed by atoms with Gasteiger partial charge in [0.2, 0.25) is 0 Å². The molecule has 1 heterocycles. The molecule has 1 aromatic carbocycles. The third kappa shape index (κ3) is 2.50. The van der Waals surface area contributed by atoms with E-state index in [-0.39, 0.29) is 5.97 Å². The lowest BCUT2D eigenvalue weighted by Crippen LogP contribution is -2.52. The van der Waals surface area contributed by atoms with Gasteiger partial charge in [0, 0.05) is 12.0 Å². The molecule has 3 nitrogen and oxygen atoms in total. The van der Waals surface area contributed by atoms with Gasteiger partial charge in [-0.15, -0.1) is 0 Å². The molecule has 1 atom stereocenters. The Morgan fingerprint density at radius 2 is 2.18 bits per heavy atom. The van der Waals surface area contributed by atoms with E-state index >= 15 is 0 Å². The zero-order valence-corrected chi connectivity index (χ0v) is 10.6. The van der Waals surface area contributed by atoms with E-state index in [4.69, 9.17) is 4.74 Å².